The summed E-state index contributed by atoms with van der Waals surface area (Å²) in [5.74, 6) is 0.0709. The molecule has 0 saturated heterocycles. The second-order valence-electron chi connectivity index (χ2n) is 2.87. The zero-order chi connectivity index (χ0) is 7.49. The van der Waals surface area contributed by atoms with Gasteiger partial charge in [-0.3, -0.25) is 4.79 Å². The van der Waals surface area contributed by atoms with Crippen LogP contribution < -0.4 is 0 Å². The third kappa shape index (κ3) is 3.72. The molecular weight excluding hydrogens is 114 g/mol. The predicted octanol–water partition coefficient (Wildman–Crippen LogP) is 1.52. The number of nitrogens with zero attached hydrogens (tertiary/aromatic N) is 1. The first-order valence-corrected chi connectivity index (χ1v) is 2.88. The maximum atomic E-state index is 10.5. The van der Waals surface area contributed by atoms with Crippen LogP contribution in [0.2, 0.25) is 0 Å². The summed E-state index contributed by atoms with van der Waals surface area (Å²) >= 11 is 0. The minimum atomic E-state index is -0.480. The van der Waals surface area contributed by atoms with Crippen molar-refractivity contribution in [2.45, 2.75) is 27.2 Å². The highest BCUT2D eigenvalue weighted by Crippen LogP contribution is 2.17. The molecule has 0 aromatic heterocycles. The molecule has 9 heavy (non-hydrogen) atoms. The molecule has 0 aliphatic carbocycles. The predicted molar refractivity (Wildman–Crippen MR) is 34.7 cm³/mol. The number of ketones is 1. The molecule has 0 fully saturated rings. The van der Waals surface area contributed by atoms with Gasteiger partial charge < -0.3 is 0 Å². The van der Waals surface area contributed by atoms with Crippen molar-refractivity contribution >= 4 is 5.78 Å². The van der Waals surface area contributed by atoms with Crippen molar-refractivity contribution in [1.29, 1.82) is 5.26 Å². The van der Waals surface area contributed by atoms with E-state index in [1.165, 1.54) is 6.92 Å². The number of hydrogen-bond acceptors (Lipinski definition) is 2. The molecule has 0 aromatic carbocycles. The van der Waals surface area contributed by atoms with E-state index in [0.29, 0.717) is 6.42 Å². The van der Waals surface area contributed by atoms with Crippen LogP contribution in [0, 0.1) is 16.7 Å². The van der Waals surface area contributed by atoms with Crippen molar-refractivity contribution in [3.63, 3.8) is 0 Å². The Morgan fingerprint density at radius 2 is 2.11 bits per heavy atom. The molecule has 0 aliphatic heterocycles. The van der Waals surface area contributed by atoms with Gasteiger partial charge in [0, 0.05) is 6.42 Å². The van der Waals surface area contributed by atoms with Crippen LogP contribution in [0.4, 0.5) is 0 Å². The first-order chi connectivity index (χ1) is 3.98. The van der Waals surface area contributed by atoms with E-state index < -0.39 is 5.41 Å². The first-order valence-electron chi connectivity index (χ1n) is 2.88. The Bertz CT molecular complexity index is 153. The molecule has 0 rings (SSSR count). The summed E-state index contributed by atoms with van der Waals surface area (Å²) in [7, 11) is 0. The van der Waals surface area contributed by atoms with Gasteiger partial charge in [0.25, 0.3) is 0 Å². The van der Waals surface area contributed by atoms with Crippen molar-refractivity contribution in [1.82, 2.24) is 0 Å². The highest BCUT2D eigenvalue weighted by molar-refractivity contribution is 5.76. The fraction of sp³-hybridized carbons (Fsp3) is 0.714. The summed E-state index contributed by atoms with van der Waals surface area (Å²) < 4.78 is 0. The van der Waals surface area contributed by atoms with Gasteiger partial charge >= 0.3 is 0 Å². The summed E-state index contributed by atoms with van der Waals surface area (Å²) in [5, 5.41) is 8.44. The first kappa shape index (κ1) is 8.16. The molecule has 0 radical (unpaired) electrons. The standard InChI is InChI=1S/C7H11NO/c1-6(9)4-7(2,3)5-8/h4H2,1-3H3. The fourth-order valence-corrected chi connectivity index (χ4v) is 0.662. The lowest BCUT2D eigenvalue weighted by atomic mass is 9.90. The van der Waals surface area contributed by atoms with Gasteiger partial charge in [0.1, 0.15) is 5.78 Å². The summed E-state index contributed by atoms with van der Waals surface area (Å²) in [6, 6.07) is 2.05. The van der Waals surface area contributed by atoms with E-state index in [-0.39, 0.29) is 5.78 Å². The third-order valence-electron chi connectivity index (χ3n) is 0.994. The smallest absolute Gasteiger partial charge is 0.131 e. The van der Waals surface area contributed by atoms with Crippen molar-refractivity contribution < 1.29 is 4.79 Å². The monoisotopic (exact) mass is 125 g/mol. The van der Waals surface area contributed by atoms with Crippen LogP contribution in [-0.4, -0.2) is 5.78 Å². The topological polar surface area (TPSA) is 40.9 Å². The van der Waals surface area contributed by atoms with E-state index >= 15 is 0 Å². The van der Waals surface area contributed by atoms with Crippen LogP contribution in [-0.2, 0) is 4.79 Å². The van der Waals surface area contributed by atoms with Gasteiger partial charge in [0.15, 0.2) is 0 Å². The number of carbonyl (C=O) groups excluding carboxylic acids is 1. The Labute approximate surface area is 55.5 Å². The van der Waals surface area contributed by atoms with Gasteiger partial charge in [0.2, 0.25) is 0 Å². The summed E-state index contributed by atoms with van der Waals surface area (Å²) in [4.78, 5) is 10.5. The molecule has 0 heterocycles. The number of hydrogen-bond donors (Lipinski definition) is 0. The Morgan fingerprint density at radius 1 is 1.67 bits per heavy atom. The van der Waals surface area contributed by atoms with Crippen LogP contribution in [0.5, 0.6) is 0 Å². The molecule has 2 nitrogen and oxygen atoms in total. The molecule has 0 aliphatic rings. The van der Waals surface area contributed by atoms with Gasteiger partial charge in [-0.25, -0.2) is 0 Å². The maximum Gasteiger partial charge on any atom is 0.131 e. The zero-order valence-corrected chi connectivity index (χ0v) is 6.06. The van der Waals surface area contributed by atoms with Gasteiger partial charge in [-0.2, -0.15) is 5.26 Å². The molecule has 50 valence electrons. The van der Waals surface area contributed by atoms with E-state index in [4.69, 9.17) is 5.26 Å². The van der Waals surface area contributed by atoms with Crippen LogP contribution in [0.3, 0.4) is 0 Å². The Morgan fingerprint density at radius 3 is 2.22 bits per heavy atom. The van der Waals surface area contributed by atoms with Gasteiger partial charge in [-0.15, -0.1) is 0 Å². The average molecular weight is 125 g/mol. The molecule has 0 aromatic rings. The normalized spacial score (nSPS) is 10.4. The Hall–Kier alpha value is -0.840. The summed E-state index contributed by atoms with van der Waals surface area (Å²) in [5.41, 5.74) is -0.480. The van der Waals surface area contributed by atoms with Crippen LogP contribution >= 0.6 is 0 Å². The lowest BCUT2D eigenvalue weighted by Crippen LogP contribution is -2.12. The second-order valence-corrected chi connectivity index (χ2v) is 2.87. The molecule has 2 heteroatoms. The lowest BCUT2D eigenvalue weighted by molar-refractivity contribution is -0.118. The second kappa shape index (κ2) is 2.63. The molecule has 0 atom stereocenters. The minimum absolute atomic E-state index is 0.0709. The highest BCUT2D eigenvalue weighted by Gasteiger charge is 2.18. The lowest BCUT2D eigenvalue weighted by Gasteiger charge is -2.10. The molecule has 0 spiro atoms. The maximum absolute atomic E-state index is 10.5. The molecule has 0 bridgehead atoms. The van der Waals surface area contributed by atoms with Gasteiger partial charge in [0.05, 0.1) is 11.5 Å². The van der Waals surface area contributed by atoms with E-state index in [1.54, 1.807) is 13.8 Å². The number of Topliss-reactive ketones (excluding diaryl/α,β-unsaturated/α-hetero) is 1. The van der Waals surface area contributed by atoms with Crippen LogP contribution in [0.25, 0.3) is 0 Å². The minimum Gasteiger partial charge on any atom is -0.300 e. The van der Waals surface area contributed by atoms with E-state index in [9.17, 15) is 4.79 Å². The molecule has 0 N–H and O–H groups in total. The molecule has 0 amide bonds. The van der Waals surface area contributed by atoms with Crippen molar-refractivity contribution in [3.05, 3.63) is 0 Å². The Kier molecular flexibility index (Phi) is 2.39. The molecule has 0 unspecified atom stereocenters. The average Bonchev–Trinajstić information content (AvgIpc) is 1.63. The molecule has 0 saturated carbocycles. The van der Waals surface area contributed by atoms with Gasteiger partial charge in [-0.05, 0) is 20.8 Å². The third-order valence-corrected chi connectivity index (χ3v) is 0.994. The number of nitriles is 1. The largest absolute Gasteiger partial charge is 0.300 e. The zero-order valence-electron chi connectivity index (χ0n) is 6.06. The van der Waals surface area contributed by atoms with Crippen molar-refractivity contribution in [3.8, 4) is 6.07 Å². The van der Waals surface area contributed by atoms with Crippen LogP contribution in [0.1, 0.15) is 27.2 Å². The summed E-state index contributed by atoms with van der Waals surface area (Å²) in [6.45, 7) is 5.02. The number of rotatable bonds is 2. The van der Waals surface area contributed by atoms with Crippen molar-refractivity contribution in [2.75, 3.05) is 0 Å². The van der Waals surface area contributed by atoms with E-state index in [1.807, 2.05) is 0 Å². The van der Waals surface area contributed by atoms with Crippen molar-refractivity contribution in [2.24, 2.45) is 5.41 Å². The fourth-order valence-electron chi connectivity index (χ4n) is 0.662. The highest BCUT2D eigenvalue weighted by atomic mass is 16.1. The molecular formula is C7H11NO. The summed E-state index contributed by atoms with van der Waals surface area (Å²) in [6.07, 6.45) is 0.351. The quantitative estimate of drug-likeness (QED) is 0.561. The number of carbonyl (C=O) groups is 1. The van der Waals surface area contributed by atoms with Crippen LogP contribution in [0.15, 0.2) is 0 Å². The van der Waals surface area contributed by atoms with Gasteiger partial charge in [-0.1, -0.05) is 0 Å². The van der Waals surface area contributed by atoms with E-state index in [2.05, 4.69) is 6.07 Å². The Balaban J connectivity index is 3.91. The SMILES string of the molecule is CC(=O)CC(C)(C)C#N. The van der Waals surface area contributed by atoms with E-state index in [0.717, 1.165) is 0 Å².